The maximum Gasteiger partial charge on any atom is 0.0104 e. The molecular weight excluding hydrogens is 567 g/mol. The molecule has 0 aromatic rings. The van der Waals surface area contributed by atoms with Crippen molar-refractivity contribution in [1.82, 2.24) is 4.90 Å². The van der Waals surface area contributed by atoms with Crippen LogP contribution < -0.4 is 0 Å². The van der Waals surface area contributed by atoms with Gasteiger partial charge < -0.3 is 0 Å². The zero-order valence-corrected chi connectivity index (χ0v) is 31.0. The quantitative estimate of drug-likeness (QED) is 0.278. The van der Waals surface area contributed by atoms with E-state index in [1.165, 1.54) is 38.5 Å². The minimum Gasteiger partial charge on any atom is -0.294 e. The Morgan fingerprint density at radius 1 is 0.234 bits per heavy atom. The molecule has 0 heterocycles. The first-order valence-electron chi connectivity index (χ1n) is 23.1. The van der Waals surface area contributed by atoms with E-state index >= 15 is 0 Å². The van der Waals surface area contributed by atoms with Gasteiger partial charge in [0.2, 0.25) is 0 Å². The molecule has 0 N–H and O–H groups in total. The lowest BCUT2D eigenvalue weighted by molar-refractivity contribution is -0.0260. The van der Waals surface area contributed by atoms with Crippen molar-refractivity contribution in [2.45, 2.75) is 217 Å². The van der Waals surface area contributed by atoms with Crippen LogP contribution in [-0.2, 0) is 0 Å². The van der Waals surface area contributed by atoms with E-state index in [0.29, 0.717) is 0 Å². The van der Waals surface area contributed by atoms with Crippen molar-refractivity contribution in [3.8, 4) is 0 Å². The third kappa shape index (κ3) is 6.84. The van der Waals surface area contributed by atoms with Crippen LogP contribution in [0.3, 0.4) is 0 Å². The van der Waals surface area contributed by atoms with Crippen molar-refractivity contribution in [2.24, 2.45) is 71.0 Å². The van der Waals surface area contributed by atoms with Gasteiger partial charge in [-0.15, -0.1) is 0 Å². The van der Waals surface area contributed by atoms with E-state index in [1.807, 2.05) is 0 Å². The molecule has 0 aromatic heterocycles. The molecular formula is C46H77N. The zero-order valence-electron chi connectivity index (χ0n) is 31.0. The Hall–Kier alpha value is -0.0400. The van der Waals surface area contributed by atoms with Crippen molar-refractivity contribution >= 4 is 0 Å². The average Bonchev–Trinajstić information content (AvgIpc) is 3.75. The second-order valence-corrected chi connectivity index (χ2v) is 20.5. The molecule has 9 aliphatic carbocycles. The van der Waals surface area contributed by atoms with E-state index in [1.54, 1.807) is 161 Å². The highest BCUT2D eigenvalue weighted by molar-refractivity contribution is 5.05. The fraction of sp³-hybridized carbons (Fsp3) is 1.00. The minimum absolute atomic E-state index is 0.935. The Morgan fingerprint density at radius 2 is 0.660 bits per heavy atom. The summed E-state index contributed by atoms with van der Waals surface area (Å²) in [4.78, 5) is 3.40. The van der Waals surface area contributed by atoms with Gasteiger partial charge >= 0.3 is 0 Å². The summed E-state index contributed by atoms with van der Waals surface area (Å²) >= 11 is 0. The van der Waals surface area contributed by atoms with Gasteiger partial charge in [-0.2, -0.15) is 0 Å². The predicted molar refractivity (Wildman–Crippen MR) is 198 cm³/mol. The second-order valence-electron chi connectivity index (χ2n) is 20.5. The van der Waals surface area contributed by atoms with Crippen LogP contribution in [0.2, 0.25) is 0 Å². The molecule has 1 heteroatoms. The monoisotopic (exact) mass is 644 g/mol. The van der Waals surface area contributed by atoms with Crippen molar-refractivity contribution in [1.29, 1.82) is 0 Å². The Labute approximate surface area is 292 Å². The number of hydrogen-bond donors (Lipinski definition) is 0. The van der Waals surface area contributed by atoms with Gasteiger partial charge in [-0.1, -0.05) is 103 Å². The summed E-state index contributed by atoms with van der Waals surface area (Å²) < 4.78 is 0. The summed E-state index contributed by atoms with van der Waals surface area (Å²) in [7, 11) is 0. The van der Waals surface area contributed by atoms with Gasteiger partial charge in [0.15, 0.2) is 0 Å². The fourth-order valence-electron chi connectivity index (χ4n) is 16.5. The molecule has 9 saturated carbocycles. The van der Waals surface area contributed by atoms with E-state index in [-0.39, 0.29) is 0 Å². The standard InChI is InChI=1S/C46H77N/c1-3-10-32(11-4-1)34-18-23-41(24-19-34)47(42-25-20-35(21-26-42)33-12-5-2-6-13-33)43-27-22-38-30-39-16-9-17-44(46(39)45(38)31-43)40-28-36-14-7-8-15-37(36)29-40/h32-46H,1-31H2. The molecule has 9 fully saturated rings. The van der Waals surface area contributed by atoms with Crippen molar-refractivity contribution in [3.05, 3.63) is 0 Å². The lowest BCUT2D eigenvalue weighted by atomic mass is 9.62. The number of hydrogen-bond acceptors (Lipinski definition) is 1. The molecule has 0 bridgehead atoms. The lowest BCUT2D eigenvalue weighted by Crippen LogP contribution is -2.54. The first-order valence-corrected chi connectivity index (χ1v) is 23.1. The van der Waals surface area contributed by atoms with Gasteiger partial charge in [0.1, 0.15) is 0 Å². The van der Waals surface area contributed by atoms with E-state index in [0.717, 1.165) is 89.1 Å². The predicted octanol–water partition coefficient (Wildman–Crippen LogP) is 13.0. The van der Waals surface area contributed by atoms with Crippen molar-refractivity contribution < 1.29 is 0 Å². The van der Waals surface area contributed by atoms with E-state index in [4.69, 9.17) is 0 Å². The van der Waals surface area contributed by atoms with Gasteiger partial charge in [-0.05, 0) is 167 Å². The summed E-state index contributed by atoms with van der Waals surface area (Å²) in [5.41, 5.74) is 0. The van der Waals surface area contributed by atoms with E-state index in [9.17, 15) is 0 Å². The molecule has 9 aliphatic rings. The molecule has 1 nitrogen and oxygen atoms in total. The van der Waals surface area contributed by atoms with Gasteiger partial charge in [-0.25, -0.2) is 0 Å². The smallest absolute Gasteiger partial charge is 0.0104 e. The van der Waals surface area contributed by atoms with Crippen molar-refractivity contribution in [2.75, 3.05) is 0 Å². The molecule has 0 spiro atoms. The topological polar surface area (TPSA) is 3.24 Å². The van der Waals surface area contributed by atoms with Crippen LogP contribution in [0.15, 0.2) is 0 Å². The molecule has 8 unspecified atom stereocenters. The molecule has 0 saturated heterocycles. The zero-order chi connectivity index (χ0) is 31.2. The highest BCUT2D eigenvalue weighted by Gasteiger charge is 2.54. The lowest BCUT2D eigenvalue weighted by Gasteiger charge is -2.52. The first kappa shape index (κ1) is 32.8. The Kier molecular flexibility index (Phi) is 10.4. The summed E-state index contributed by atoms with van der Waals surface area (Å²) in [6, 6.07) is 2.81. The maximum absolute atomic E-state index is 3.40. The molecule has 266 valence electrons. The first-order chi connectivity index (χ1) is 23.3. The Morgan fingerprint density at radius 3 is 1.23 bits per heavy atom. The largest absolute Gasteiger partial charge is 0.294 e. The second kappa shape index (κ2) is 14.9. The van der Waals surface area contributed by atoms with Crippen LogP contribution in [0.4, 0.5) is 0 Å². The van der Waals surface area contributed by atoms with Gasteiger partial charge in [-0.3, -0.25) is 4.90 Å². The molecule has 0 aliphatic heterocycles. The van der Waals surface area contributed by atoms with Crippen LogP contribution in [0.5, 0.6) is 0 Å². The molecule has 0 aromatic carbocycles. The summed E-state index contributed by atoms with van der Waals surface area (Å²) in [5, 5.41) is 0. The number of rotatable bonds is 6. The fourth-order valence-corrected chi connectivity index (χ4v) is 16.5. The third-order valence-electron chi connectivity index (χ3n) is 18.5. The van der Waals surface area contributed by atoms with Gasteiger partial charge in [0.25, 0.3) is 0 Å². The summed E-state index contributed by atoms with van der Waals surface area (Å²) in [5.74, 6) is 13.3. The Bertz CT molecular complexity index is 923. The van der Waals surface area contributed by atoms with Crippen LogP contribution in [-0.4, -0.2) is 23.0 Å². The highest BCUT2D eigenvalue weighted by Crippen LogP contribution is 2.61. The van der Waals surface area contributed by atoms with Crippen molar-refractivity contribution in [3.63, 3.8) is 0 Å². The van der Waals surface area contributed by atoms with Crippen LogP contribution in [0.25, 0.3) is 0 Å². The van der Waals surface area contributed by atoms with Crippen LogP contribution in [0.1, 0.15) is 199 Å². The van der Waals surface area contributed by atoms with Crippen LogP contribution >= 0.6 is 0 Å². The van der Waals surface area contributed by atoms with Crippen LogP contribution in [0, 0.1) is 71.0 Å². The third-order valence-corrected chi connectivity index (χ3v) is 18.5. The molecule has 9 rings (SSSR count). The molecule has 0 amide bonds. The number of nitrogens with zero attached hydrogens (tertiary/aromatic N) is 1. The molecule has 47 heavy (non-hydrogen) atoms. The summed E-state index contributed by atoms with van der Waals surface area (Å²) in [6.45, 7) is 0. The highest BCUT2D eigenvalue weighted by atomic mass is 15.2. The van der Waals surface area contributed by atoms with E-state index < -0.39 is 0 Å². The van der Waals surface area contributed by atoms with E-state index in [2.05, 4.69) is 4.90 Å². The van der Waals surface area contributed by atoms with Gasteiger partial charge in [0, 0.05) is 18.1 Å². The average molecular weight is 644 g/mol. The molecule has 0 radical (unpaired) electrons. The number of fused-ring (bicyclic) bond motifs is 4. The Balaban J connectivity index is 0.910. The summed E-state index contributed by atoms with van der Waals surface area (Å²) in [6.07, 6.45) is 49.0. The maximum atomic E-state index is 3.40. The minimum atomic E-state index is 0.935. The SMILES string of the molecule is C1CCC(C2CCC(N(C3CCC(C4CCCCC4)CC3)C3CCC4CC5CCCC(C6CC7CCCCC7C6)C5C4C3)CC2)CC1. The normalized spacial score (nSPS) is 48.6. The molecule has 8 atom stereocenters. The van der Waals surface area contributed by atoms with Gasteiger partial charge in [0.05, 0.1) is 0 Å².